The van der Waals surface area contributed by atoms with Crippen LogP contribution in [0.4, 0.5) is 0 Å². The number of hydrogen-bond acceptors (Lipinski definition) is 2. The minimum absolute atomic E-state index is 0. The minimum atomic E-state index is -3.07. The van der Waals surface area contributed by atoms with Gasteiger partial charge in [-0.15, -0.1) is 24.0 Å². The standard InChI is InChI=1S/C24H53N2O2S.HI/c1-6-8-9-10-11-12-13-14-15-16-17-18-19-20-24-29(27,28)25(3)22-21-23-26(4,5)7-2;/h6-24H2,1-5H3;1H/q+1;. The molecule has 0 spiro atoms. The molecule has 0 saturated heterocycles. The molecule has 0 heterocycles. The van der Waals surface area contributed by atoms with Crippen molar-refractivity contribution in [1.29, 1.82) is 0 Å². The first-order valence-electron chi connectivity index (χ1n) is 12.5. The summed E-state index contributed by atoms with van der Waals surface area (Å²) in [5.41, 5.74) is 0. The lowest BCUT2D eigenvalue weighted by Gasteiger charge is -2.29. The van der Waals surface area contributed by atoms with E-state index in [-0.39, 0.29) is 24.0 Å². The molecule has 0 aliphatic heterocycles. The van der Waals surface area contributed by atoms with Gasteiger partial charge >= 0.3 is 0 Å². The molecule has 0 aliphatic carbocycles. The summed E-state index contributed by atoms with van der Waals surface area (Å²) in [6, 6.07) is 0. The molecule has 0 rings (SSSR count). The number of unbranched alkanes of at least 4 members (excludes halogenated alkanes) is 13. The molecule has 30 heavy (non-hydrogen) atoms. The molecule has 0 aromatic rings. The Labute approximate surface area is 207 Å². The van der Waals surface area contributed by atoms with Gasteiger partial charge in [0, 0.05) is 20.0 Å². The Hall–Kier alpha value is 0.600. The van der Waals surface area contributed by atoms with Crippen molar-refractivity contribution in [3.05, 3.63) is 0 Å². The molecule has 0 unspecified atom stereocenters. The van der Waals surface area contributed by atoms with Crippen LogP contribution in [-0.2, 0) is 10.0 Å². The second-order valence-electron chi connectivity index (χ2n) is 9.56. The van der Waals surface area contributed by atoms with Gasteiger partial charge < -0.3 is 4.48 Å². The molecule has 0 aromatic carbocycles. The maximum absolute atomic E-state index is 12.4. The summed E-state index contributed by atoms with van der Waals surface area (Å²) in [5, 5.41) is 0. The molecule has 6 heteroatoms. The number of rotatable bonds is 21. The van der Waals surface area contributed by atoms with E-state index in [9.17, 15) is 8.42 Å². The molecule has 0 N–H and O–H groups in total. The van der Waals surface area contributed by atoms with E-state index in [0.717, 1.165) is 36.8 Å². The highest BCUT2D eigenvalue weighted by Gasteiger charge is 2.18. The van der Waals surface area contributed by atoms with Crippen molar-refractivity contribution < 1.29 is 12.9 Å². The van der Waals surface area contributed by atoms with Crippen LogP contribution in [0.2, 0.25) is 0 Å². The van der Waals surface area contributed by atoms with Crippen molar-refractivity contribution in [3.63, 3.8) is 0 Å². The summed E-state index contributed by atoms with van der Waals surface area (Å²) >= 11 is 0. The van der Waals surface area contributed by atoms with Gasteiger partial charge in [0.25, 0.3) is 0 Å². The minimum Gasteiger partial charge on any atom is -0.329 e. The van der Waals surface area contributed by atoms with E-state index in [1.165, 1.54) is 77.0 Å². The van der Waals surface area contributed by atoms with Crippen LogP contribution in [0.3, 0.4) is 0 Å². The summed E-state index contributed by atoms with van der Waals surface area (Å²) < 4.78 is 27.3. The number of halogens is 1. The van der Waals surface area contributed by atoms with Crippen molar-refractivity contribution >= 4 is 34.0 Å². The molecule has 0 aliphatic rings. The summed E-state index contributed by atoms with van der Waals surface area (Å²) in [6.45, 7) is 7.19. The van der Waals surface area contributed by atoms with Gasteiger partial charge in [0.15, 0.2) is 0 Å². The van der Waals surface area contributed by atoms with Gasteiger partial charge in [0.2, 0.25) is 10.0 Å². The first-order chi connectivity index (χ1) is 13.7. The van der Waals surface area contributed by atoms with Crippen molar-refractivity contribution in [3.8, 4) is 0 Å². The third kappa shape index (κ3) is 19.3. The van der Waals surface area contributed by atoms with Crippen molar-refractivity contribution in [2.24, 2.45) is 0 Å². The van der Waals surface area contributed by atoms with E-state index in [1.54, 1.807) is 11.4 Å². The Balaban J connectivity index is 0. The van der Waals surface area contributed by atoms with Gasteiger partial charge in [-0.2, -0.15) is 0 Å². The van der Waals surface area contributed by atoms with Crippen LogP contribution in [0.15, 0.2) is 0 Å². The highest BCUT2D eigenvalue weighted by atomic mass is 127. The molecule has 0 fully saturated rings. The van der Waals surface area contributed by atoms with Crippen LogP contribution >= 0.6 is 24.0 Å². The molecule has 0 bridgehead atoms. The lowest BCUT2D eigenvalue weighted by molar-refractivity contribution is -0.888. The van der Waals surface area contributed by atoms with Gasteiger partial charge in [0.1, 0.15) is 0 Å². The van der Waals surface area contributed by atoms with E-state index < -0.39 is 10.0 Å². The van der Waals surface area contributed by atoms with Gasteiger partial charge in [-0.1, -0.05) is 90.4 Å². The first kappa shape index (κ1) is 32.8. The Kier molecular flexibility index (Phi) is 22.1. The van der Waals surface area contributed by atoms with E-state index in [4.69, 9.17) is 0 Å². The zero-order valence-electron chi connectivity index (χ0n) is 21.0. The second kappa shape index (κ2) is 20.2. The molecular formula is C24H54IN2O2S+. The van der Waals surface area contributed by atoms with Crippen LogP contribution < -0.4 is 0 Å². The zero-order chi connectivity index (χ0) is 22.0. The number of hydrogen-bond donors (Lipinski definition) is 0. The van der Waals surface area contributed by atoms with E-state index >= 15 is 0 Å². The Morgan fingerprint density at radius 1 is 0.667 bits per heavy atom. The lowest BCUT2D eigenvalue weighted by Crippen LogP contribution is -2.41. The largest absolute Gasteiger partial charge is 0.329 e. The summed E-state index contributed by atoms with van der Waals surface area (Å²) in [7, 11) is 3.06. The summed E-state index contributed by atoms with van der Waals surface area (Å²) in [4.78, 5) is 0. The fraction of sp³-hybridized carbons (Fsp3) is 1.00. The van der Waals surface area contributed by atoms with Gasteiger partial charge in [-0.25, -0.2) is 12.7 Å². The van der Waals surface area contributed by atoms with Crippen molar-refractivity contribution in [2.45, 2.75) is 110 Å². The average molecular weight is 562 g/mol. The fourth-order valence-corrected chi connectivity index (χ4v) is 4.94. The van der Waals surface area contributed by atoms with E-state index in [1.807, 2.05) is 0 Å². The normalized spacial score (nSPS) is 12.3. The first-order valence-corrected chi connectivity index (χ1v) is 14.1. The Morgan fingerprint density at radius 3 is 1.47 bits per heavy atom. The van der Waals surface area contributed by atoms with E-state index in [0.29, 0.717) is 12.3 Å². The molecule has 0 amide bonds. The molecule has 184 valence electrons. The van der Waals surface area contributed by atoms with Crippen molar-refractivity contribution in [1.82, 2.24) is 4.31 Å². The van der Waals surface area contributed by atoms with Gasteiger partial charge in [-0.05, 0) is 13.3 Å². The smallest absolute Gasteiger partial charge is 0.213 e. The Bertz CT molecular complexity index is 470. The third-order valence-electron chi connectivity index (χ3n) is 6.32. The molecule has 0 atom stereocenters. The maximum Gasteiger partial charge on any atom is 0.213 e. The van der Waals surface area contributed by atoms with E-state index in [2.05, 4.69) is 27.9 Å². The summed E-state index contributed by atoms with van der Waals surface area (Å²) in [6.07, 6.45) is 19.0. The lowest BCUT2D eigenvalue weighted by atomic mass is 10.0. The summed E-state index contributed by atoms with van der Waals surface area (Å²) in [5.74, 6) is 0.313. The monoisotopic (exact) mass is 561 g/mol. The number of quaternary nitrogens is 1. The van der Waals surface area contributed by atoms with Crippen LogP contribution in [-0.4, -0.2) is 63.7 Å². The number of sulfonamides is 1. The molecule has 0 saturated carbocycles. The second-order valence-corrected chi connectivity index (χ2v) is 11.8. The maximum atomic E-state index is 12.4. The Morgan fingerprint density at radius 2 is 1.07 bits per heavy atom. The molecule has 4 nitrogen and oxygen atoms in total. The zero-order valence-corrected chi connectivity index (χ0v) is 24.1. The predicted molar refractivity (Wildman–Crippen MR) is 144 cm³/mol. The quantitative estimate of drug-likeness (QED) is 0.0875. The molecule has 0 radical (unpaired) electrons. The third-order valence-corrected chi connectivity index (χ3v) is 8.26. The highest BCUT2D eigenvalue weighted by Crippen LogP contribution is 2.13. The van der Waals surface area contributed by atoms with Crippen molar-refractivity contribution in [2.75, 3.05) is 46.5 Å². The van der Waals surface area contributed by atoms with Crippen LogP contribution in [0.5, 0.6) is 0 Å². The van der Waals surface area contributed by atoms with Crippen LogP contribution in [0, 0.1) is 0 Å². The van der Waals surface area contributed by atoms with Gasteiger partial charge in [-0.3, -0.25) is 0 Å². The average Bonchev–Trinajstić information content (AvgIpc) is 2.68. The van der Waals surface area contributed by atoms with Crippen LogP contribution in [0.1, 0.15) is 110 Å². The fourth-order valence-electron chi connectivity index (χ4n) is 3.65. The highest BCUT2D eigenvalue weighted by molar-refractivity contribution is 14.0. The van der Waals surface area contributed by atoms with Crippen LogP contribution in [0.25, 0.3) is 0 Å². The topological polar surface area (TPSA) is 37.4 Å². The predicted octanol–water partition coefficient (Wildman–Crippen LogP) is 6.83. The number of nitrogens with zero attached hydrogens (tertiary/aromatic N) is 2. The SMILES string of the molecule is CCCCCCCCCCCCCCCCS(=O)(=O)N(C)CCC[N+](C)(C)CC.I. The van der Waals surface area contributed by atoms with Gasteiger partial charge in [0.05, 0.1) is 32.9 Å². The molecule has 0 aromatic heterocycles. The molecular weight excluding hydrogens is 507 g/mol.